The predicted molar refractivity (Wildman–Crippen MR) is 71.4 cm³/mol. The maximum Gasteiger partial charge on any atom is 0.224 e. The number of carbonyl (C=O) groups excluding carboxylic acids is 1. The van der Waals surface area contributed by atoms with E-state index in [9.17, 15) is 4.79 Å². The van der Waals surface area contributed by atoms with Crippen molar-refractivity contribution in [2.75, 3.05) is 25.0 Å². The molecule has 18 heavy (non-hydrogen) atoms. The highest BCUT2D eigenvalue weighted by atomic mass is 16.3. The second-order valence-corrected chi connectivity index (χ2v) is 4.72. The van der Waals surface area contributed by atoms with E-state index in [-0.39, 0.29) is 18.4 Å². The normalized spacial score (nSPS) is 19.7. The van der Waals surface area contributed by atoms with Crippen LogP contribution in [-0.2, 0) is 11.4 Å². The van der Waals surface area contributed by atoms with Gasteiger partial charge in [-0.05, 0) is 30.5 Å². The maximum atomic E-state index is 11.7. The lowest BCUT2D eigenvalue weighted by Gasteiger charge is -2.33. The van der Waals surface area contributed by atoms with Crippen molar-refractivity contribution in [3.63, 3.8) is 0 Å². The summed E-state index contributed by atoms with van der Waals surface area (Å²) in [6.07, 6.45) is 2.00. The lowest BCUT2D eigenvalue weighted by molar-refractivity contribution is -0.124. The van der Waals surface area contributed by atoms with Gasteiger partial charge in [-0.3, -0.25) is 4.79 Å². The van der Waals surface area contributed by atoms with E-state index in [1.165, 1.54) is 0 Å². The number of hydrogen-bond acceptors (Lipinski definition) is 3. The van der Waals surface area contributed by atoms with Gasteiger partial charge in [-0.25, -0.2) is 0 Å². The summed E-state index contributed by atoms with van der Waals surface area (Å²) >= 11 is 0. The summed E-state index contributed by atoms with van der Waals surface area (Å²) < 4.78 is 0. The van der Waals surface area contributed by atoms with Gasteiger partial charge in [0.2, 0.25) is 5.91 Å². The SMILES string of the molecule is CNC(=O)C1CCCN(c2ccc(CO)cc2)C1. The third kappa shape index (κ3) is 2.82. The minimum absolute atomic E-state index is 0.0706. The minimum atomic E-state index is 0.0706. The van der Waals surface area contributed by atoms with Gasteiger partial charge in [0.05, 0.1) is 12.5 Å². The first-order valence-electron chi connectivity index (χ1n) is 6.41. The number of hydrogen-bond donors (Lipinski definition) is 2. The first-order valence-corrected chi connectivity index (χ1v) is 6.41. The van der Waals surface area contributed by atoms with Crippen LogP contribution in [0.15, 0.2) is 24.3 Å². The van der Waals surface area contributed by atoms with E-state index >= 15 is 0 Å². The molecule has 0 aromatic heterocycles. The Morgan fingerprint density at radius 2 is 2.17 bits per heavy atom. The zero-order valence-electron chi connectivity index (χ0n) is 10.7. The minimum Gasteiger partial charge on any atom is -0.392 e. The number of piperidine rings is 1. The predicted octanol–water partition coefficient (Wildman–Crippen LogP) is 1.14. The molecule has 1 heterocycles. The molecule has 0 spiro atoms. The maximum absolute atomic E-state index is 11.7. The quantitative estimate of drug-likeness (QED) is 0.843. The van der Waals surface area contributed by atoms with Gasteiger partial charge in [0.25, 0.3) is 0 Å². The zero-order chi connectivity index (χ0) is 13.0. The molecule has 1 aromatic carbocycles. The molecule has 4 nitrogen and oxygen atoms in total. The van der Waals surface area contributed by atoms with E-state index < -0.39 is 0 Å². The highest BCUT2D eigenvalue weighted by Gasteiger charge is 2.24. The van der Waals surface area contributed by atoms with E-state index in [1.807, 2.05) is 24.3 Å². The van der Waals surface area contributed by atoms with E-state index in [1.54, 1.807) is 7.05 Å². The van der Waals surface area contributed by atoms with Crippen molar-refractivity contribution in [2.45, 2.75) is 19.4 Å². The van der Waals surface area contributed by atoms with Crippen LogP contribution in [0.1, 0.15) is 18.4 Å². The molecule has 0 aliphatic carbocycles. The molecule has 2 rings (SSSR count). The monoisotopic (exact) mass is 248 g/mol. The Bertz CT molecular complexity index is 403. The van der Waals surface area contributed by atoms with Crippen LogP contribution in [0, 0.1) is 5.92 Å². The van der Waals surface area contributed by atoms with Crippen LogP contribution >= 0.6 is 0 Å². The van der Waals surface area contributed by atoms with Crippen molar-refractivity contribution in [1.82, 2.24) is 5.32 Å². The molecular formula is C14H20N2O2. The Balaban J connectivity index is 2.05. The van der Waals surface area contributed by atoms with Crippen LogP contribution in [-0.4, -0.2) is 31.2 Å². The molecule has 1 aliphatic rings. The molecule has 1 aromatic rings. The van der Waals surface area contributed by atoms with Crippen molar-refractivity contribution in [1.29, 1.82) is 0 Å². The third-order valence-electron chi connectivity index (χ3n) is 3.52. The highest BCUT2D eigenvalue weighted by Crippen LogP contribution is 2.23. The molecular weight excluding hydrogens is 228 g/mol. The summed E-state index contributed by atoms with van der Waals surface area (Å²) in [7, 11) is 1.69. The van der Waals surface area contributed by atoms with Gasteiger partial charge < -0.3 is 15.3 Å². The fourth-order valence-corrected chi connectivity index (χ4v) is 2.44. The molecule has 1 atom stereocenters. The Morgan fingerprint density at radius 3 is 2.78 bits per heavy atom. The van der Waals surface area contributed by atoms with Gasteiger partial charge in [0, 0.05) is 25.8 Å². The van der Waals surface area contributed by atoms with Crippen LogP contribution in [0.2, 0.25) is 0 Å². The smallest absolute Gasteiger partial charge is 0.224 e. The van der Waals surface area contributed by atoms with Crippen LogP contribution in [0.25, 0.3) is 0 Å². The fraction of sp³-hybridized carbons (Fsp3) is 0.500. The molecule has 1 saturated heterocycles. The van der Waals surface area contributed by atoms with Crippen LogP contribution in [0.5, 0.6) is 0 Å². The average Bonchev–Trinajstić information content (AvgIpc) is 2.46. The zero-order valence-corrected chi connectivity index (χ0v) is 10.7. The number of anilines is 1. The first-order chi connectivity index (χ1) is 8.74. The van der Waals surface area contributed by atoms with Crippen molar-refractivity contribution < 1.29 is 9.90 Å². The lowest BCUT2D eigenvalue weighted by atomic mass is 9.96. The topological polar surface area (TPSA) is 52.6 Å². The number of nitrogens with one attached hydrogen (secondary N) is 1. The molecule has 1 aliphatic heterocycles. The van der Waals surface area contributed by atoms with E-state index in [2.05, 4.69) is 10.2 Å². The number of amides is 1. The molecule has 0 saturated carbocycles. The van der Waals surface area contributed by atoms with Gasteiger partial charge in [-0.15, -0.1) is 0 Å². The van der Waals surface area contributed by atoms with Crippen molar-refractivity contribution in [3.8, 4) is 0 Å². The number of aliphatic hydroxyl groups is 1. The van der Waals surface area contributed by atoms with Gasteiger partial charge in [0.15, 0.2) is 0 Å². The summed E-state index contributed by atoms with van der Waals surface area (Å²) in [6.45, 7) is 1.84. The van der Waals surface area contributed by atoms with Gasteiger partial charge >= 0.3 is 0 Å². The van der Waals surface area contributed by atoms with Crippen molar-refractivity contribution in [3.05, 3.63) is 29.8 Å². The number of carbonyl (C=O) groups is 1. The number of nitrogens with zero attached hydrogens (tertiary/aromatic N) is 1. The number of benzene rings is 1. The van der Waals surface area contributed by atoms with Crippen LogP contribution in [0.3, 0.4) is 0 Å². The van der Waals surface area contributed by atoms with Gasteiger partial charge in [-0.2, -0.15) is 0 Å². The Kier molecular flexibility index (Phi) is 4.20. The summed E-state index contributed by atoms with van der Waals surface area (Å²) in [5.74, 6) is 0.216. The second kappa shape index (κ2) is 5.87. The molecule has 1 amide bonds. The highest BCUT2D eigenvalue weighted by molar-refractivity contribution is 5.79. The molecule has 4 heteroatoms. The summed E-state index contributed by atoms with van der Waals surface area (Å²) in [6, 6.07) is 7.88. The number of aliphatic hydroxyl groups excluding tert-OH is 1. The van der Waals surface area contributed by atoms with Gasteiger partial charge in [-0.1, -0.05) is 12.1 Å². The Hall–Kier alpha value is -1.55. The molecule has 0 radical (unpaired) electrons. The van der Waals surface area contributed by atoms with E-state index in [0.717, 1.165) is 37.2 Å². The standard InChI is InChI=1S/C14H20N2O2/c1-15-14(18)12-3-2-8-16(9-12)13-6-4-11(10-17)5-7-13/h4-7,12,17H,2-3,8-10H2,1H3,(H,15,18). The summed E-state index contributed by atoms with van der Waals surface area (Å²) in [5, 5.41) is 11.7. The Labute approximate surface area is 108 Å². The lowest BCUT2D eigenvalue weighted by Crippen LogP contribution is -2.42. The Morgan fingerprint density at radius 1 is 1.44 bits per heavy atom. The molecule has 1 fully saturated rings. The van der Waals surface area contributed by atoms with Crippen LogP contribution in [0.4, 0.5) is 5.69 Å². The largest absolute Gasteiger partial charge is 0.392 e. The number of rotatable bonds is 3. The third-order valence-corrected chi connectivity index (χ3v) is 3.52. The summed E-state index contributed by atoms with van der Waals surface area (Å²) in [5.41, 5.74) is 2.04. The second-order valence-electron chi connectivity index (χ2n) is 4.72. The van der Waals surface area contributed by atoms with Gasteiger partial charge in [0.1, 0.15) is 0 Å². The fourth-order valence-electron chi connectivity index (χ4n) is 2.44. The van der Waals surface area contributed by atoms with E-state index in [0.29, 0.717) is 0 Å². The first kappa shape index (κ1) is 12.9. The van der Waals surface area contributed by atoms with Crippen molar-refractivity contribution in [2.24, 2.45) is 5.92 Å². The summed E-state index contributed by atoms with van der Waals surface area (Å²) in [4.78, 5) is 13.9. The molecule has 98 valence electrons. The molecule has 0 bridgehead atoms. The molecule has 2 N–H and O–H groups in total. The van der Waals surface area contributed by atoms with Crippen LogP contribution < -0.4 is 10.2 Å². The molecule has 1 unspecified atom stereocenters. The van der Waals surface area contributed by atoms with Crippen molar-refractivity contribution >= 4 is 11.6 Å². The van der Waals surface area contributed by atoms with E-state index in [4.69, 9.17) is 5.11 Å². The average molecular weight is 248 g/mol.